The number of ether oxygens (including phenoxy) is 1. The van der Waals surface area contributed by atoms with Crippen LogP contribution in [0, 0.1) is 17.4 Å². The molecule has 162 valence electrons. The lowest BCUT2D eigenvalue weighted by Gasteiger charge is -2.30. The molecule has 2 aromatic rings. The zero-order chi connectivity index (χ0) is 21.6. The first-order valence-electron chi connectivity index (χ1n) is 11.3. The fourth-order valence-electron chi connectivity index (χ4n) is 4.72. The van der Waals surface area contributed by atoms with Gasteiger partial charge in [-0.05, 0) is 61.1 Å². The summed E-state index contributed by atoms with van der Waals surface area (Å²) in [6, 6.07) is 14.1. The van der Waals surface area contributed by atoms with Gasteiger partial charge in [-0.1, -0.05) is 38.3 Å². The molecule has 6 nitrogen and oxygen atoms in total. The molecule has 4 rings (SSSR count). The van der Waals surface area contributed by atoms with Crippen molar-refractivity contribution in [1.29, 1.82) is 5.26 Å². The smallest absolute Gasteiger partial charge is 0.196 e. The molecule has 0 aromatic heterocycles. The molecule has 2 aromatic carbocycles. The van der Waals surface area contributed by atoms with Crippen LogP contribution in [0.1, 0.15) is 62.6 Å². The molecule has 0 spiro atoms. The Labute approximate surface area is 184 Å². The minimum absolute atomic E-state index is 0.0392. The maximum absolute atomic E-state index is 9.31. The highest BCUT2D eigenvalue weighted by atomic mass is 16.5. The Hall–Kier alpha value is -3.20. The van der Waals surface area contributed by atoms with E-state index in [1.165, 1.54) is 19.3 Å². The molecule has 2 aliphatic rings. The van der Waals surface area contributed by atoms with E-state index in [1.54, 1.807) is 0 Å². The Bertz CT molecular complexity index is 974. The van der Waals surface area contributed by atoms with Crippen LogP contribution in [0.4, 0.5) is 5.69 Å². The van der Waals surface area contributed by atoms with Crippen LogP contribution < -0.4 is 15.8 Å². The van der Waals surface area contributed by atoms with E-state index in [0.29, 0.717) is 11.9 Å². The van der Waals surface area contributed by atoms with Gasteiger partial charge in [0.05, 0.1) is 11.7 Å². The summed E-state index contributed by atoms with van der Waals surface area (Å²) in [5.41, 5.74) is 9.21. The number of hydrogen-bond acceptors (Lipinski definition) is 6. The molecule has 0 bridgehead atoms. The highest BCUT2D eigenvalue weighted by Crippen LogP contribution is 2.36. The number of fused-ring (bicyclic) bond motifs is 1. The summed E-state index contributed by atoms with van der Waals surface area (Å²) < 4.78 is 6.21. The van der Waals surface area contributed by atoms with E-state index in [4.69, 9.17) is 10.5 Å². The van der Waals surface area contributed by atoms with Gasteiger partial charge in [-0.25, -0.2) is 4.99 Å². The SMILES string of the molecule is CCCN1Cc2cc(Oc3cccc(C(NC#N)C4CCCCC4)c3)ccc2N=C1N. The van der Waals surface area contributed by atoms with Crippen LogP contribution in [0.25, 0.3) is 0 Å². The third-order valence-electron chi connectivity index (χ3n) is 6.26. The molecular weight excluding hydrogens is 386 g/mol. The van der Waals surface area contributed by atoms with Gasteiger partial charge in [0.25, 0.3) is 0 Å². The van der Waals surface area contributed by atoms with E-state index in [1.807, 2.05) is 30.3 Å². The molecule has 0 saturated heterocycles. The first-order valence-corrected chi connectivity index (χ1v) is 11.3. The highest BCUT2D eigenvalue weighted by molar-refractivity contribution is 5.83. The zero-order valence-corrected chi connectivity index (χ0v) is 18.2. The Morgan fingerprint density at radius 3 is 2.77 bits per heavy atom. The van der Waals surface area contributed by atoms with Crippen molar-refractivity contribution in [3.63, 3.8) is 0 Å². The van der Waals surface area contributed by atoms with Crippen LogP contribution in [0.5, 0.6) is 11.5 Å². The molecule has 3 N–H and O–H groups in total. The molecule has 1 unspecified atom stereocenters. The predicted molar refractivity (Wildman–Crippen MR) is 123 cm³/mol. The average molecular weight is 418 g/mol. The van der Waals surface area contributed by atoms with Gasteiger partial charge in [-0.3, -0.25) is 0 Å². The first-order chi connectivity index (χ1) is 15.2. The summed E-state index contributed by atoms with van der Waals surface area (Å²) in [7, 11) is 0. The number of nitrogens with one attached hydrogen (secondary N) is 1. The second kappa shape index (κ2) is 9.74. The number of aliphatic imine (C=N–C) groups is 1. The molecule has 1 fully saturated rings. The Balaban J connectivity index is 1.53. The molecule has 31 heavy (non-hydrogen) atoms. The minimum Gasteiger partial charge on any atom is -0.457 e. The molecule has 1 atom stereocenters. The molecule has 6 heteroatoms. The number of hydrogen-bond donors (Lipinski definition) is 2. The molecule has 1 saturated carbocycles. The Morgan fingerprint density at radius 1 is 1.19 bits per heavy atom. The van der Waals surface area contributed by atoms with Crippen LogP contribution in [-0.2, 0) is 6.54 Å². The van der Waals surface area contributed by atoms with Gasteiger partial charge in [-0.15, -0.1) is 0 Å². The van der Waals surface area contributed by atoms with Crippen molar-refractivity contribution in [3.05, 3.63) is 53.6 Å². The minimum atomic E-state index is 0.0392. The fraction of sp³-hybridized carbons (Fsp3) is 0.440. The number of nitriles is 1. The lowest BCUT2D eigenvalue weighted by molar-refractivity contribution is 0.289. The first kappa shape index (κ1) is 21.0. The van der Waals surface area contributed by atoms with Gasteiger partial charge in [0.2, 0.25) is 0 Å². The number of nitrogens with zero attached hydrogens (tertiary/aromatic N) is 3. The van der Waals surface area contributed by atoms with E-state index in [9.17, 15) is 5.26 Å². The summed E-state index contributed by atoms with van der Waals surface area (Å²) in [5.74, 6) is 2.63. The standard InChI is InChI=1S/C25H31N5O/c1-2-13-30-16-20-15-22(11-12-23(20)29-25(30)27)31-21-10-6-9-19(14-21)24(28-17-26)18-7-4-3-5-8-18/h6,9-12,14-15,18,24,28H,2-5,7-8,13,16H2,1H3,(H2,27,29). The quantitative estimate of drug-likeness (QED) is 0.469. The third-order valence-corrected chi connectivity index (χ3v) is 6.26. The van der Waals surface area contributed by atoms with Crippen LogP contribution in [-0.4, -0.2) is 17.4 Å². The van der Waals surface area contributed by atoms with Crippen molar-refractivity contribution in [1.82, 2.24) is 10.2 Å². The van der Waals surface area contributed by atoms with Gasteiger partial charge >= 0.3 is 0 Å². The molecule has 1 aliphatic carbocycles. The molecule has 1 heterocycles. The van der Waals surface area contributed by atoms with Gasteiger partial charge in [0.1, 0.15) is 11.5 Å². The summed E-state index contributed by atoms with van der Waals surface area (Å²) in [4.78, 5) is 6.62. The van der Waals surface area contributed by atoms with Crippen molar-refractivity contribution in [2.45, 2.75) is 58.0 Å². The summed E-state index contributed by atoms with van der Waals surface area (Å²) in [6.45, 7) is 3.76. The lowest BCUT2D eigenvalue weighted by atomic mass is 9.81. The molecular formula is C25H31N5O. The second-order valence-corrected chi connectivity index (χ2v) is 8.49. The van der Waals surface area contributed by atoms with E-state index in [0.717, 1.165) is 60.7 Å². The maximum Gasteiger partial charge on any atom is 0.196 e. The van der Waals surface area contributed by atoms with E-state index < -0.39 is 0 Å². The van der Waals surface area contributed by atoms with Crippen LogP contribution >= 0.6 is 0 Å². The summed E-state index contributed by atoms with van der Waals surface area (Å²) >= 11 is 0. The normalized spacial score (nSPS) is 17.3. The van der Waals surface area contributed by atoms with Crippen molar-refractivity contribution in [2.75, 3.05) is 6.54 Å². The van der Waals surface area contributed by atoms with Gasteiger partial charge < -0.3 is 20.7 Å². The van der Waals surface area contributed by atoms with E-state index in [-0.39, 0.29) is 6.04 Å². The van der Waals surface area contributed by atoms with Gasteiger partial charge in [0.15, 0.2) is 12.2 Å². The van der Waals surface area contributed by atoms with Crippen molar-refractivity contribution in [2.24, 2.45) is 16.6 Å². The van der Waals surface area contributed by atoms with Crippen LogP contribution in [0.15, 0.2) is 47.5 Å². The molecule has 1 aliphatic heterocycles. The summed E-state index contributed by atoms with van der Waals surface area (Å²) in [6.07, 6.45) is 9.28. The Kier molecular flexibility index (Phi) is 6.61. The van der Waals surface area contributed by atoms with Gasteiger partial charge in [-0.2, -0.15) is 5.26 Å². The molecule has 0 amide bonds. The van der Waals surface area contributed by atoms with Crippen LogP contribution in [0.3, 0.4) is 0 Å². The summed E-state index contributed by atoms with van der Waals surface area (Å²) in [5, 5.41) is 12.3. The Morgan fingerprint density at radius 2 is 2.00 bits per heavy atom. The third kappa shape index (κ3) is 4.93. The topological polar surface area (TPSA) is 86.7 Å². The zero-order valence-electron chi connectivity index (χ0n) is 18.2. The van der Waals surface area contributed by atoms with E-state index >= 15 is 0 Å². The largest absolute Gasteiger partial charge is 0.457 e. The van der Waals surface area contributed by atoms with E-state index in [2.05, 4.69) is 40.5 Å². The van der Waals surface area contributed by atoms with Crippen molar-refractivity contribution >= 4 is 11.6 Å². The fourth-order valence-corrected chi connectivity index (χ4v) is 4.72. The lowest BCUT2D eigenvalue weighted by Crippen LogP contribution is -2.39. The number of rotatable bonds is 7. The number of nitrogens with two attached hydrogens (primary N) is 1. The molecule has 0 radical (unpaired) electrons. The average Bonchev–Trinajstić information content (AvgIpc) is 2.79. The van der Waals surface area contributed by atoms with Crippen molar-refractivity contribution in [3.8, 4) is 17.7 Å². The number of guanidine groups is 1. The van der Waals surface area contributed by atoms with Crippen LogP contribution in [0.2, 0.25) is 0 Å². The highest BCUT2D eigenvalue weighted by Gasteiger charge is 2.25. The monoisotopic (exact) mass is 417 g/mol. The predicted octanol–water partition coefficient (Wildman–Crippen LogP) is 5.34. The second-order valence-electron chi connectivity index (χ2n) is 8.49. The van der Waals surface area contributed by atoms with Gasteiger partial charge in [0, 0.05) is 18.7 Å². The van der Waals surface area contributed by atoms with Crippen molar-refractivity contribution < 1.29 is 4.74 Å². The number of benzene rings is 2. The maximum atomic E-state index is 9.31.